The van der Waals surface area contributed by atoms with E-state index < -0.39 is 5.97 Å². The normalized spacial score (nSPS) is 11.7. The highest BCUT2D eigenvalue weighted by Gasteiger charge is 2.09. The molecule has 0 aliphatic heterocycles. The van der Waals surface area contributed by atoms with Crippen molar-refractivity contribution in [1.82, 2.24) is 15.6 Å². The van der Waals surface area contributed by atoms with E-state index in [2.05, 4.69) is 15.6 Å². The SMILES string of the molecule is Cc1ccncc1CNC(=O)NCC(C)CC(=O)O. The fourth-order valence-electron chi connectivity index (χ4n) is 1.56. The van der Waals surface area contributed by atoms with Gasteiger partial charge in [-0.1, -0.05) is 6.92 Å². The number of urea groups is 1. The predicted molar refractivity (Wildman–Crippen MR) is 70.6 cm³/mol. The molecule has 0 aliphatic rings. The minimum absolute atomic E-state index is 0.0436. The van der Waals surface area contributed by atoms with E-state index in [9.17, 15) is 9.59 Å². The Labute approximate surface area is 112 Å². The summed E-state index contributed by atoms with van der Waals surface area (Å²) in [6, 6.07) is 1.57. The standard InChI is InChI=1S/C13H19N3O3/c1-9(5-12(17)18)6-15-13(19)16-8-11-7-14-4-3-10(11)2/h3-4,7,9H,5-6,8H2,1-2H3,(H,17,18)(H2,15,16,19). The predicted octanol–water partition coefficient (Wildman–Crippen LogP) is 1.30. The van der Waals surface area contributed by atoms with Crippen molar-refractivity contribution in [3.63, 3.8) is 0 Å². The van der Waals surface area contributed by atoms with Crippen molar-refractivity contribution in [3.05, 3.63) is 29.6 Å². The zero-order valence-electron chi connectivity index (χ0n) is 11.1. The molecule has 104 valence electrons. The molecule has 1 atom stereocenters. The molecule has 2 amide bonds. The minimum Gasteiger partial charge on any atom is -0.481 e. The molecule has 1 aromatic rings. The fraction of sp³-hybridized carbons (Fsp3) is 0.462. The van der Waals surface area contributed by atoms with Crippen LogP contribution in [0.1, 0.15) is 24.5 Å². The Morgan fingerprint density at radius 1 is 1.42 bits per heavy atom. The molecule has 0 radical (unpaired) electrons. The maximum Gasteiger partial charge on any atom is 0.315 e. The van der Waals surface area contributed by atoms with Gasteiger partial charge in [-0.15, -0.1) is 0 Å². The number of pyridine rings is 1. The van der Waals surface area contributed by atoms with Crippen LogP contribution in [-0.4, -0.2) is 28.6 Å². The molecule has 6 nitrogen and oxygen atoms in total. The number of carboxylic acids is 1. The maximum atomic E-state index is 11.5. The maximum absolute atomic E-state index is 11.5. The van der Waals surface area contributed by atoms with Gasteiger partial charge in [0.25, 0.3) is 0 Å². The van der Waals surface area contributed by atoms with Gasteiger partial charge >= 0.3 is 12.0 Å². The van der Waals surface area contributed by atoms with Crippen molar-refractivity contribution in [3.8, 4) is 0 Å². The number of amides is 2. The lowest BCUT2D eigenvalue weighted by Gasteiger charge is -2.12. The Bertz CT molecular complexity index is 449. The highest BCUT2D eigenvalue weighted by Crippen LogP contribution is 2.04. The molecule has 0 fully saturated rings. The molecule has 0 saturated heterocycles. The topological polar surface area (TPSA) is 91.3 Å². The zero-order chi connectivity index (χ0) is 14.3. The Balaban J connectivity index is 2.29. The van der Waals surface area contributed by atoms with Gasteiger partial charge in [0.05, 0.1) is 0 Å². The van der Waals surface area contributed by atoms with E-state index in [0.717, 1.165) is 11.1 Å². The molecule has 1 aromatic heterocycles. The molecular formula is C13H19N3O3. The Morgan fingerprint density at radius 3 is 2.79 bits per heavy atom. The van der Waals surface area contributed by atoms with E-state index in [4.69, 9.17) is 5.11 Å². The molecule has 0 spiro atoms. The molecule has 1 heterocycles. The van der Waals surface area contributed by atoms with Crippen LogP contribution in [0.5, 0.6) is 0 Å². The number of aliphatic carboxylic acids is 1. The first-order valence-corrected chi connectivity index (χ1v) is 6.12. The van der Waals surface area contributed by atoms with E-state index in [0.29, 0.717) is 13.1 Å². The van der Waals surface area contributed by atoms with Crippen molar-refractivity contribution in [2.24, 2.45) is 5.92 Å². The number of aromatic nitrogens is 1. The number of carbonyl (C=O) groups is 2. The van der Waals surface area contributed by atoms with Crippen LogP contribution in [0.4, 0.5) is 4.79 Å². The third-order valence-electron chi connectivity index (χ3n) is 2.72. The summed E-state index contributed by atoms with van der Waals surface area (Å²) in [5.74, 6) is -0.955. The number of carbonyl (C=O) groups excluding carboxylic acids is 1. The first-order chi connectivity index (χ1) is 8.99. The molecule has 1 unspecified atom stereocenters. The van der Waals surface area contributed by atoms with Crippen molar-refractivity contribution < 1.29 is 14.7 Å². The second-order valence-electron chi connectivity index (χ2n) is 4.57. The summed E-state index contributed by atoms with van der Waals surface area (Å²) in [7, 11) is 0. The lowest BCUT2D eigenvalue weighted by molar-refractivity contribution is -0.137. The summed E-state index contributed by atoms with van der Waals surface area (Å²) in [5, 5.41) is 14.0. The summed E-state index contributed by atoms with van der Waals surface area (Å²) in [5.41, 5.74) is 2.02. The van der Waals surface area contributed by atoms with E-state index in [1.807, 2.05) is 13.0 Å². The quantitative estimate of drug-likeness (QED) is 0.723. The number of hydrogen-bond acceptors (Lipinski definition) is 3. The number of rotatable bonds is 6. The molecule has 0 saturated carbocycles. The van der Waals surface area contributed by atoms with Gasteiger partial charge in [0.2, 0.25) is 0 Å². The van der Waals surface area contributed by atoms with Gasteiger partial charge in [-0.3, -0.25) is 9.78 Å². The van der Waals surface area contributed by atoms with E-state index >= 15 is 0 Å². The third-order valence-corrected chi connectivity index (χ3v) is 2.72. The van der Waals surface area contributed by atoms with Gasteiger partial charge in [0.1, 0.15) is 0 Å². The molecule has 19 heavy (non-hydrogen) atoms. The number of aryl methyl sites for hydroxylation is 1. The highest BCUT2D eigenvalue weighted by atomic mass is 16.4. The fourth-order valence-corrected chi connectivity index (χ4v) is 1.56. The van der Waals surface area contributed by atoms with Gasteiger partial charge < -0.3 is 15.7 Å². The summed E-state index contributed by atoms with van der Waals surface area (Å²) in [6.45, 7) is 4.47. The summed E-state index contributed by atoms with van der Waals surface area (Å²) in [4.78, 5) is 26.0. The second-order valence-corrected chi connectivity index (χ2v) is 4.57. The second kappa shape index (κ2) is 7.35. The molecule has 0 bridgehead atoms. The van der Waals surface area contributed by atoms with Crippen LogP contribution < -0.4 is 10.6 Å². The number of hydrogen-bond donors (Lipinski definition) is 3. The molecule has 0 aromatic carbocycles. The van der Waals surface area contributed by atoms with Crippen molar-refractivity contribution >= 4 is 12.0 Å². The van der Waals surface area contributed by atoms with Crippen LogP contribution in [0.25, 0.3) is 0 Å². The van der Waals surface area contributed by atoms with Gasteiger partial charge in [-0.25, -0.2) is 4.79 Å². The van der Waals surface area contributed by atoms with E-state index in [1.165, 1.54) is 0 Å². The Morgan fingerprint density at radius 2 is 2.16 bits per heavy atom. The van der Waals surface area contributed by atoms with Crippen molar-refractivity contribution in [2.45, 2.75) is 26.8 Å². The average Bonchev–Trinajstić information content (AvgIpc) is 2.34. The molecule has 6 heteroatoms. The third kappa shape index (κ3) is 5.85. The van der Waals surface area contributed by atoms with Crippen LogP contribution in [0, 0.1) is 12.8 Å². The summed E-state index contributed by atoms with van der Waals surface area (Å²) >= 11 is 0. The van der Waals surface area contributed by atoms with Crippen molar-refractivity contribution in [1.29, 1.82) is 0 Å². The van der Waals surface area contributed by atoms with Crippen LogP contribution in [0.15, 0.2) is 18.5 Å². The Hall–Kier alpha value is -2.11. The molecule has 3 N–H and O–H groups in total. The van der Waals surface area contributed by atoms with Crippen molar-refractivity contribution in [2.75, 3.05) is 6.54 Å². The lowest BCUT2D eigenvalue weighted by atomic mass is 10.1. The van der Waals surface area contributed by atoms with Crippen LogP contribution >= 0.6 is 0 Å². The van der Waals surface area contributed by atoms with E-state index in [-0.39, 0.29) is 18.4 Å². The number of nitrogens with one attached hydrogen (secondary N) is 2. The van der Waals surface area contributed by atoms with Gasteiger partial charge in [-0.2, -0.15) is 0 Å². The lowest BCUT2D eigenvalue weighted by Crippen LogP contribution is -2.37. The summed E-state index contributed by atoms with van der Waals surface area (Å²) in [6.07, 6.45) is 3.46. The average molecular weight is 265 g/mol. The first-order valence-electron chi connectivity index (χ1n) is 6.12. The monoisotopic (exact) mass is 265 g/mol. The first kappa shape index (κ1) is 14.9. The zero-order valence-corrected chi connectivity index (χ0v) is 11.1. The van der Waals surface area contributed by atoms with Crippen LogP contribution in [-0.2, 0) is 11.3 Å². The number of nitrogens with zero attached hydrogens (tertiary/aromatic N) is 1. The summed E-state index contributed by atoms with van der Waals surface area (Å²) < 4.78 is 0. The largest absolute Gasteiger partial charge is 0.481 e. The molecular weight excluding hydrogens is 246 g/mol. The number of carboxylic acid groups (broad SMARTS) is 1. The van der Waals surface area contributed by atoms with Gasteiger partial charge in [0, 0.05) is 31.9 Å². The van der Waals surface area contributed by atoms with Gasteiger partial charge in [-0.05, 0) is 30.0 Å². The Kier molecular flexibility index (Phi) is 5.78. The van der Waals surface area contributed by atoms with Crippen LogP contribution in [0.3, 0.4) is 0 Å². The molecule has 0 aliphatic carbocycles. The smallest absolute Gasteiger partial charge is 0.315 e. The molecule has 1 rings (SSSR count). The highest BCUT2D eigenvalue weighted by molar-refractivity contribution is 5.74. The van der Waals surface area contributed by atoms with E-state index in [1.54, 1.807) is 19.3 Å². The van der Waals surface area contributed by atoms with Crippen LogP contribution in [0.2, 0.25) is 0 Å². The van der Waals surface area contributed by atoms with Gasteiger partial charge in [0.15, 0.2) is 0 Å². The minimum atomic E-state index is -0.860.